The van der Waals surface area contributed by atoms with Gasteiger partial charge in [0, 0.05) is 29.9 Å². The molecule has 0 saturated heterocycles. The topological polar surface area (TPSA) is 77.2 Å². The average Bonchev–Trinajstić information content (AvgIpc) is 3.10. The first kappa shape index (κ1) is 11.5. The summed E-state index contributed by atoms with van der Waals surface area (Å²) in [6.45, 7) is 0. The van der Waals surface area contributed by atoms with Crippen LogP contribution in [0.4, 0.5) is 5.69 Å². The summed E-state index contributed by atoms with van der Waals surface area (Å²) in [5.41, 5.74) is 6.70. The van der Waals surface area contributed by atoms with E-state index in [0.29, 0.717) is 17.7 Å². The molecule has 0 aromatic carbocycles. The molecule has 18 heavy (non-hydrogen) atoms. The van der Waals surface area contributed by atoms with Gasteiger partial charge >= 0.3 is 0 Å². The lowest BCUT2D eigenvalue weighted by Gasteiger charge is -2.14. The van der Waals surface area contributed by atoms with Crippen molar-refractivity contribution in [3.05, 3.63) is 18.3 Å². The number of anilines is 1. The number of carbonyl (C=O) groups excluding carboxylic acids is 1. The van der Waals surface area contributed by atoms with Crippen LogP contribution in [-0.2, 0) is 4.79 Å². The van der Waals surface area contributed by atoms with Crippen molar-refractivity contribution in [2.75, 3.05) is 12.4 Å². The molecule has 0 spiro atoms. The van der Waals surface area contributed by atoms with Crippen molar-refractivity contribution in [3.63, 3.8) is 0 Å². The van der Waals surface area contributed by atoms with Gasteiger partial charge in [0.2, 0.25) is 11.8 Å². The summed E-state index contributed by atoms with van der Waals surface area (Å²) in [7, 11) is 1.55. The van der Waals surface area contributed by atoms with Crippen LogP contribution >= 0.6 is 0 Å². The fourth-order valence-corrected chi connectivity index (χ4v) is 2.97. The normalized spacial score (nSPS) is 32.8. The van der Waals surface area contributed by atoms with Crippen LogP contribution < -0.4 is 15.8 Å². The van der Waals surface area contributed by atoms with Gasteiger partial charge in [0.1, 0.15) is 0 Å². The fourth-order valence-electron chi connectivity index (χ4n) is 2.97. The first-order valence-electron chi connectivity index (χ1n) is 6.25. The van der Waals surface area contributed by atoms with Gasteiger partial charge in [0.25, 0.3) is 0 Å². The van der Waals surface area contributed by atoms with Crippen LogP contribution in [0.25, 0.3) is 0 Å². The number of methoxy groups -OCH3 is 1. The Bertz CT molecular complexity index is 477. The number of nitrogens with one attached hydrogen (secondary N) is 1. The van der Waals surface area contributed by atoms with E-state index in [1.165, 1.54) is 0 Å². The number of amides is 1. The van der Waals surface area contributed by atoms with Crippen LogP contribution in [0.2, 0.25) is 0 Å². The Morgan fingerprint density at radius 1 is 1.50 bits per heavy atom. The molecule has 2 fully saturated rings. The number of nitrogens with zero attached hydrogens (tertiary/aromatic N) is 1. The van der Waals surface area contributed by atoms with E-state index in [4.69, 9.17) is 10.5 Å². The van der Waals surface area contributed by atoms with E-state index in [2.05, 4.69) is 10.3 Å². The Balaban J connectivity index is 1.67. The maximum Gasteiger partial charge on any atom is 0.227 e. The highest BCUT2D eigenvalue weighted by Crippen LogP contribution is 2.54. The molecule has 5 heteroatoms. The van der Waals surface area contributed by atoms with Gasteiger partial charge in [-0.1, -0.05) is 0 Å². The minimum Gasteiger partial charge on any atom is -0.481 e. The molecule has 4 atom stereocenters. The maximum atomic E-state index is 12.2. The lowest BCUT2D eigenvalue weighted by atomic mass is 10.0. The van der Waals surface area contributed by atoms with Gasteiger partial charge < -0.3 is 15.8 Å². The largest absolute Gasteiger partial charge is 0.481 e. The molecule has 0 radical (unpaired) electrons. The number of carbonyl (C=O) groups is 1. The zero-order valence-electron chi connectivity index (χ0n) is 10.3. The Kier molecular flexibility index (Phi) is 2.70. The smallest absolute Gasteiger partial charge is 0.227 e. The third-order valence-electron chi connectivity index (χ3n) is 4.03. The highest BCUT2D eigenvalue weighted by atomic mass is 16.5. The Labute approximate surface area is 106 Å². The van der Waals surface area contributed by atoms with Crippen molar-refractivity contribution < 1.29 is 9.53 Å². The molecule has 1 aromatic rings. The molecule has 0 bridgehead atoms. The molecule has 1 aromatic heterocycles. The predicted octanol–water partition coefficient (Wildman–Crippen LogP) is 1.01. The molecule has 1 amide bonds. The van der Waals surface area contributed by atoms with E-state index in [-0.39, 0.29) is 17.9 Å². The number of nitrogens with two attached hydrogens (primary N) is 1. The molecule has 3 N–H and O–H groups in total. The molecular formula is C13H17N3O2. The summed E-state index contributed by atoms with van der Waals surface area (Å²) in [6.07, 6.45) is 3.54. The molecule has 2 aliphatic rings. The van der Waals surface area contributed by atoms with E-state index >= 15 is 0 Å². The minimum absolute atomic E-state index is 0.0729. The average molecular weight is 247 g/mol. The van der Waals surface area contributed by atoms with Crippen molar-refractivity contribution in [1.82, 2.24) is 4.98 Å². The zero-order chi connectivity index (χ0) is 12.7. The lowest BCUT2D eigenvalue weighted by molar-refractivity contribution is -0.120. The summed E-state index contributed by atoms with van der Waals surface area (Å²) in [4.78, 5) is 16.2. The van der Waals surface area contributed by atoms with Gasteiger partial charge in [-0.25, -0.2) is 4.98 Å². The molecule has 5 nitrogen and oxygen atoms in total. The number of rotatable bonds is 3. The van der Waals surface area contributed by atoms with Gasteiger partial charge in [0.15, 0.2) is 0 Å². The number of hydrogen-bond acceptors (Lipinski definition) is 4. The van der Waals surface area contributed by atoms with Crippen molar-refractivity contribution in [1.29, 1.82) is 0 Å². The van der Waals surface area contributed by atoms with Crippen LogP contribution in [0.1, 0.15) is 12.8 Å². The molecule has 3 rings (SSSR count). The Morgan fingerprint density at radius 2 is 2.33 bits per heavy atom. The lowest BCUT2D eigenvalue weighted by Crippen LogP contribution is -2.26. The van der Waals surface area contributed by atoms with Crippen molar-refractivity contribution in [2.45, 2.75) is 18.9 Å². The number of aromatic nitrogens is 1. The van der Waals surface area contributed by atoms with Gasteiger partial charge in [-0.2, -0.15) is 0 Å². The quantitative estimate of drug-likeness (QED) is 0.835. The highest BCUT2D eigenvalue weighted by Gasteiger charge is 2.55. The number of ether oxygens (including phenoxy) is 1. The second-order valence-corrected chi connectivity index (χ2v) is 5.15. The second-order valence-electron chi connectivity index (χ2n) is 5.15. The molecule has 1 heterocycles. The van der Waals surface area contributed by atoms with Crippen LogP contribution in [0.5, 0.6) is 5.88 Å². The number of pyridine rings is 1. The first-order valence-corrected chi connectivity index (χ1v) is 6.25. The Hall–Kier alpha value is -1.62. The van der Waals surface area contributed by atoms with Gasteiger partial charge in [-0.3, -0.25) is 4.79 Å². The SMILES string of the molecule is COc1cc(NC(=O)[C@@H]2C[C@H](N)[C@H]3C[C@H]32)ccn1. The van der Waals surface area contributed by atoms with Gasteiger partial charge in [-0.05, 0) is 30.7 Å². The van der Waals surface area contributed by atoms with Crippen LogP contribution in [0.3, 0.4) is 0 Å². The fraction of sp³-hybridized carbons (Fsp3) is 0.538. The van der Waals surface area contributed by atoms with Crippen molar-refractivity contribution >= 4 is 11.6 Å². The standard InChI is InChI=1S/C13H17N3O2/c1-18-12-4-7(2-3-15-12)16-13(17)10-6-11(14)9-5-8(9)10/h2-4,8-11H,5-6,14H2,1H3,(H,15,16,17)/t8-,9+,10-,11+/m1/s1. The Morgan fingerprint density at radius 3 is 2.94 bits per heavy atom. The van der Waals surface area contributed by atoms with Gasteiger partial charge in [-0.15, -0.1) is 0 Å². The summed E-state index contributed by atoms with van der Waals surface area (Å²) < 4.78 is 5.03. The van der Waals surface area contributed by atoms with E-state index in [1.807, 2.05) is 0 Å². The van der Waals surface area contributed by atoms with Crippen LogP contribution in [0.15, 0.2) is 18.3 Å². The van der Waals surface area contributed by atoms with E-state index in [9.17, 15) is 4.79 Å². The predicted molar refractivity (Wildman–Crippen MR) is 67.1 cm³/mol. The monoisotopic (exact) mass is 247 g/mol. The minimum atomic E-state index is 0.0729. The van der Waals surface area contributed by atoms with Crippen molar-refractivity contribution in [3.8, 4) is 5.88 Å². The maximum absolute atomic E-state index is 12.2. The van der Waals surface area contributed by atoms with Crippen LogP contribution in [-0.4, -0.2) is 24.0 Å². The second kappa shape index (κ2) is 4.24. The van der Waals surface area contributed by atoms with Crippen molar-refractivity contribution in [2.24, 2.45) is 23.5 Å². The molecule has 96 valence electrons. The first-order chi connectivity index (χ1) is 8.69. The number of fused-ring (bicyclic) bond motifs is 1. The summed E-state index contributed by atoms with van der Waals surface area (Å²) in [5, 5.41) is 2.92. The van der Waals surface area contributed by atoms with Crippen LogP contribution in [0, 0.1) is 17.8 Å². The molecule has 2 saturated carbocycles. The zero-order valence-corrected chi connectivity index (χ0v) is 10.3. The third kappa shape index (κ3) is 1.95. The molecule has 0 unspecified atom stereocenters. The van der Waals surface area contributed by atoms with E-state index in [0.717, 1.165) is 18.5 Å². The van der Waals surface area contributed by atoms with E-state index < -0.39 is 0 Å². The number of hydrogen-bond donors (Lipinski definition) is 2. The molecule has 2 aliphatic carbocycles. The highest BCUT2D eigenvalue weighted by molar-refractivity contribution is 5.93. The van der Waals surface area contributed by atoms with E-state index in [1.54, 1.807) is 25.4 Å². The summed E-state index contributed by atoms with van der Waals surface area (Å²) in [6, 6.07) is 3.69. The molecular weight excluding hydrogens is 230 g/mol. The summed E-state index contributed by atoms with van der Waals surface area (Å²) >= 11 is 0. The third-order valence-corrected chi connectivity index (χ3v) is 4.03. The molecule has 0 aliphatic heterocycles. The van der Waals surface area contributed by atoms with Gasteiger partial charge in [0.05, 0.1) is 7.11 Å². The summed E-state index contributed by atoms with van der Waals surface area (Å²) in [5.74, 6) is 1.73.